The topological polar surface area (TPSA) is 74.1 Å². The first-order valence-corrected chi connectivity index (χ1v) is 16.2. The lowest BCUT2D eigenvalue weighted by Gasteiger charge is -2.42. The largest absolute Gasteiger partial charge is 0.416 e. The number of likely N-dealkylation sites (tertiary alicyclic amines) is 1. The highest BCUT2D eigenvalue weighted by Gasteiger charge is 2.48. The van der Waals surface area contributed by atoms with Gasteiger partial charge in [-0.05, 0) is 55.5 Å². The van der Waals surface area contributed by atoms with Crippen LogP contribution in [0.15, 0.2) is 41.6 Å². The van der Waals surface area contributed by atoms with Crippen molar-refractivity contribution < 1.29 is 18.8 Å². The number of methoxy groups -OCH3 is 1. The molecular weight excluding hydrogens is 472 g/mol. The van der Waals surface area contributed by atoms with Crippen LogP contribution >= 0.6 is 0 Å². The summed E-state index contributed by atoms with van der Waals surface area (Å²) in [5.74, 6) is -0.480. The van der Waals surface area contributed by atoms with Crippen LogP contribution in [0.1, 0.15) is 52.5 Å². The molecule has 7 nitrogen and oxygen atoms in total. The highest BCUT2D eigenvalue weighted by Crippen LogP contribution is 2.42. The molecule has 2 aliphatic rings. The van der Waals surface area contributed by atoms with Crippen molar-refractivity contribution in [3.05, 3.63) is 57.3 Å². The molecule has 1 heterocycles. The number of nitrogens with zero attached hydrogens (tertiary/aromatic N) is 2. The number of rotatable bonds is 11. The minimum Gasteiger partial charge on any atom is -0.416 e. The minimum atomic E-state index is -2.06. The highest BCUT2D eigenvalue weighted by molar-refractivity contribution is 6.74. The van der Waals surface area contributed by atoms with Gasteiger partial charge in [-0.1, -0.05) is 51.1 Å². The van der Waals surface area contributed by atoms with E-state index < -0.39 is 14.4 Å². The molecule has 0 saturated carbocycles. The molecular formula is C28H46N2O5Si. The van der Waals surface area contributed by atoms with Gasteiger partial charge < -0.3 is 18.8 Å². The van der Waals surface area contributed by atoms with Crippen molar-refractivity contribution in [3.8, 4) is 0 Å². The molecule has 0 radical (unpaired) electrons. The van der Waals surface area contributed by atoms with Crippen molar-refractivity contribution in [1.82, 2.24) is 4.90 Å². The van der Waals surface area contributed by atoms with E-state index in [1.165, 1.54) is 5.70 Å². The van der Waals surface area contributed by atoms with Crippen molar-refractivity contribution in [2.24, 2.45) is 11.8 Å². The van der Waals surface area contributed by atoms with Crippen molar-refractivity contribution in [3.63, 3.8) is 0 Å². The number of allylic oxidation sites excluding steroid dienone is 1. The quantitative estimate of drug-likeness (QED) is 0.207. The maximum Gasteiger partial charge on any atom is 0.227 e. The third kappa shape index (κ3) is 6.76. The van der Waals surface area contributed by atoms with Crippen LogP contribution in [-0.4, -0.2) is 63.7 Å². The van der Waals surface area contributed by atoms with Crippen LogP contribution in [0.2, 0.25) is 18.1 Å². The Morgan fingerprint density at radius 2 is 1.83 bits per heavy atom. The summed E-state index contributed by atoms with van der Waals surface area (Å²) in [5.41, 5.74) is 3.43. The molecule has 1 aromatic rings. The molecule has 1 aliphatic heterocycles. The van der Waals surface area contributed by atoms with Gasteiger partial charge in [0, 0.05) is 30.9 Å². The second-order valence-electron chi connectivity index (χ2n) is 12.0. The summed E-state index contributed by atoms with van der Waals surface area (Å²) >= 11 is 0. The van der Waals surface area contributed by atoms with E-state index in [4.69, 9.17) is 13.9 Å². The Balaban J connectivity index is 1.89. The summed E-state index contributed by atoms with van der Waals surface area (Å²) < 4.78 is 18.2. The molecule has 0 unspecified atom stereocenters. The van der Waals surface area contributed by atoms with E-state index in [2.05, 4.69) is 45.7 Å². The van der Waals surface area contributed by atoms with Crippen LogP contribution in [-0.2, 0) is 20.5 Å². The molecule has 0 spiro atoms. The van der Waals surface area contributed by atoms with Gasteiger partial charge in [0.15, 0.2) is 8.32 Å². The zero-order chi connectivity index (χ0) is 26.5. The van der Waals surface area contributed by atoms with Gasteiger partial charge in [0.05, 0.1) is 37.7 Å². The van der Waals surface area contributed by atoms with Crippen LogP contribution in [0.3, 0.4) is 0 Å². The van der Waals surface area contributed by atoms with Crippen LogP contribution in [0, 0.1) is 22.0 Å². The summed E-state index contributed by atoms with van der Waals surface area (Å²) in [5, 5.41) is 12.6. The predicted molar refractivity (Wildman–Crippen MR) is 146 cm³/mol. The second kappa shape index (κ2) is 12.2. The van der Waals surface area contributed by atoms with Gasteiger partial charge in [-0.2, -0.15) is 0 Å². The third-order valence-electron chi connectivity index (χ3n) is 8.56. The normalized spacial score (nSPS) is 25.5. The highest BCUT2D eigenvalue weighted by atomic mass is 28.4. The van der Waals surface area contributed by atoms with E-state index in [9.17, 15) is 10.1 Å². The SMILES string of the molecule is COC[C@@H]1CCCN1C1=C(C)[C@H](CO[Si](C)(C)C(C)(C)C)[C@H]([N+](=O)[O-])[C@@H](COCc2ccccc2)C1. The molecule has 1 fully saturated rings. The first-order valence-electron chi connectivity index (χ1n) is 13.3. The van der Waals surface area contributed by atoms with E-state index in [0.29, 0.717) is 38.9 Å². The summed E-state index contributed by atoms with van der Waals surface area (Å²) in [6.07, 6.45) is 2.86. The molecule has 1 aromatic carbocycles. The minimum absolute atomic E-state index is 0.0446. The molecule has 1 aliphatic carbocycles. The lowest BCUT2D eigenvalue weighted by Crippen LogP contribution is -2.50. The predicted octanol–water partition coefficient (Wildman–Crippen LogP) is 5.89. The van der Waals surface area contributed by atoms with E-state index in [1.807, 2.05) is 30.3 Å². The zero-order valence-corrected chi connectivity index (χ0v) is 24.3. The fourth-order valence-corrected chi connectivity index (χ4v) is 6.38. The van der Waals surface area contributed by atoms with E-state index in [1.54, 1.807) is 7.11 Å². The maximum absolute atomic E-state index is 12.5. The fraction of sp³-hybridized carbons (Fsp3) is 0.714. The molecule has 4 atom stereocenters. The molecule has 0 aromatic heterocycles. The van der Waals surface area contributed by atoms with Gasteiger partial charge in [0.2, 0.25) is 6.04 Å². The molecule has 36 heavy (non-hydrogen) atoms. The van der Waals surface area contributed by atoms with E-state index in [0.717, 1.165) is 30.5 Å². The Kier molecular flexibility index (Phi) is 9.77. The number of hydrogen-bond donors (Lipinski definition) is 0. The van der Waals surface area contributed by atoms with Gasteiger partial charge in [0.25, 0.3) is 0 Å². The average molecular weight is 519 g/mol. The monoisotopic (exact) mass is 518 g/mol. The van der Waals surface area contributed by atoms with Crippen LogP contribution in [0.5, 0.6) is 0 Å². The molecule has 0 amide bonds. The third-order valence-corrected chi connectivity index (χ3v) is 13.1. The second-order valence-corrected chi connectivity index (χ2v) is 16.8. The lowest BCUT2D eigenvalue weighted by molar-refractivity contribution is -0.542. The summed E-state index contributed by atoms with van der Waals surface area (Å²) in [6.45, 7) is 16.0. The first-order chi connectivity index (χ1) is 17.0. The Morgan fingerprint density at radius 1 is 1.14 bits per heavy atom. The standard InChI is InChI=1S/C28H46N2O5Si/c1-21-25(20-35-36(6,7)28(2,3)4)27(30(31)32)23(18-34-17-22-12-9-8-10-13-22)16-26(21)29-15-11-14-24(29)19-33-5/h8-10,12-13,23-25,27H,11,14-20H2,1-7H3/t23-,24+,25+,27-/m1/s1. The van der Waals surface area contributed by atoms with Gasteiger partial charge >= 0.3 is 0 Å². The van der Waals surface area contributed by atoms with Gasteiger partial charge in [-0.25, -0.2) is 0 Å². The number of ether oxygens (including phenoxy) is 2. The van der Waals surface area contributed by atoms with Crippen molar-refractivity contribution in [2.75, 3.05) is 33.5 Å². The molecule has 0 bridgehead atoms. The first kappa shape index (κ1) is 28.8. The fourth-order valence-electron chi connectivity index (χ4n) is 5.35. The Labute approximate surface area is 218 Å². The lowest BCUT2D eigenvalue weighted by atomic mass is 9.75. The maximum atomic E-state index is 12.5. The summed E-state index contributed by atoms with van der Waals surface area (Å²) in [6, 6.07) is 9.60. The van der Waals surface area contributed by atoms with Crippen LogP contribution in [0.25, 0.3) is 0 Å². The van der Waals surface area contributed by atoms with E-state index in [-0.39, 0.29) is 21.8 Å². The van der Waals surface area contributed by atoms with E-state index >= 15 is 0 Å². The van der Waals surface area contributed by atoms with Crippen molar-refractivity contribution >= 4 is 8.32 Å². The molecule has 3 rings (SSSR count). The van der Waals surface area contributed by atoms with Gasteiger partial charge in [0.1, 0.15) is 0 Å². The number of benzene rings is 1. The molecule has 8 heteroatoms. The Bertz CT molecular complexity index is 899. The molecule has 202 valence electrons. The average Bonchev–Trinajstić information content (AvgIpc) is 3.26. The molecule has 0 N–H and O–H groups in total. The Hall–Kier alpha value is -1.74. The summed E-state index contributed by atoms with van der Waals surface area (Å²) in [4.78, 5) is 14.9. The van der Waals surface area contributed by atoms with Crippen molar-refractivity contribution in [2.45, 2.75) is 83.8 Å². The summed E-state index contributed by atoms with van der Waals surface area (Å²) in [7, 11) is -0.317. The van der Waals surface area contributed by atoms with Crippen LogP contribution in [0.4, 0.5) is 0 Å². The smallest absolute Gasteiger partial charge is 0.227 e. The van der Waals surface area contributed by atoms with Gasteiger partial charge in [-0.15, -0.1) is 0 Å². The number of hydrogen-bond acceptors (Lipinski definition) is 6. The van der Waals surface area contributed by atoms with Gasteiger partial charge in [-0.3, -0.25) is 10.1 Å². The molecule has 1 saturated heterocycles. The Morgan fingerprint density at radius 3 is 2.44 bits per heavy atom. The van der Waals surface area contributed by atoms with Crippen molar-refractivity contribution in [1.29, 1.82) is 0 Å². The zero-order valence-electron chi connectivity index (χ0n) is 23.3. The number of nitro groups is 1. The van der Waals surface area contributed by atoms with Crippen LogP contribution < -0.4 is 0 Å².